The van der Waals surface area contributed by atoms with E-state index in [0.717, 1.165) is 12.3 Å². The maximum atomic E-state index is 12.5. The molecule has 0 unspecified atom stereocenters. The highest BCUT2D eigenvalue weighted by molar-refractivity contribution is 5.93. The minimum absolute atomic E-state index is 0.228. The first-order chi connectivity index (χ1) is 6.09. The van der Waals surface area contributed by atoms with Gasteiger partial charge in [-0.25, -0.2) is 4.39 Å². The van der Waals surface area contributed by atoms with Gasteiger partial charge in [0.1, 0.15) is 11.9 Å². The van der Waals surface area contributed by atoms with E-state index in [1.54, 1.807) is 0 Å². The van der Waals surface area contributed by atoms with Crippen molar-refractivity contribution in [2.75, 3.05) is 5.32 Å². The number of anilines is 1. The second kappa shape index (κ2) is 3.95. The van der Waals surface area contributed by atoms with Crippen molar-refractivity contribution < 1.29 is 14.3 Å². The van der Waals surface area contributed by atoms with Crippen LogP contribution in [0.25, 0.3) is 0 Å². The van der Waals surface area contributed by atoms with Gasteiger partial charge in [-0.15, -0.1) is 0 Å². The predicted molar refractivity (Wildman–Crippen MR) is 44.5 cm³/mol. The average Bonchev–Trinajstić information content (AvgIpc) is 2.04. The van der Waals surface area contributed by atoms with Crippen molar-refractivity contribution in [2.45, 2.75) is 13.0 Å². The summed E-state index contributed by atoms with van der Waals surface area (Å²) in [6.45, 7) is 1.32. The van der Waals surface area contributed by atoms with Crippen LogP contribution in [0, 0.1) is 5.82 Å². The zero-order valence-electron chi connectivity index (χ0n) is 6.99. The fourth-order valence-electron chi connectivity index (χ4n) is 0.727. The van der Waals surface area contributed by atoms with Crippen molar-refractivity contribution in [3.63, 3.8) is 0 Å². The third-order valence-electron chi connectivity index (χ3n) is 1.35. The number of nitrogens with one attached hydrogen (secondary N) is 1. The predicted octanol–water partition coefficient (Wildman–Crippen LogP) is 0.540. The fraction of sp³-hybridized carbons (Fsp3) is 0.250. The Kier molecular flexibility index (Phi) is 2.92. The summed E-state index contributed by atoms with van der Waals surface area (Å²) in [6.07, 6.45) is 1.20. The summed E-state index contributed by atoms with van der Waals surface area (Å²) >= 11 is 0. The summed E-state index contributed by atoms with van der Waals surface area (Å²) in [7, 11) is 0. The average molecular weight is 184 g/mol. The molecular formula is C8H9FN2O2. The van der Waals surface area contributed by atoms with Gasteiger partial charge < -0.3 is 10.4 Å². The van der Waals surface area contributed by atoms with E-state index in [2.05, 4.69) is 10.3 Å². The molecule has 1 aromatic heterocycles. The van der Waals surface area contributed by atoms with Gasteiger partial charge in [0, 0.05) is 6.07 Å². The highest BCUT2D eigenvalue weighted by Crippen LogP contribution is 2.06. The third kappa shape index (κ3) is 2.79. The van der Waals surface area contributed by atoms with E-state index < -0.39 is 17.8 Å². The first kappa shape index (κ1) is 9.60. The molecule has 0 aliphatic carbocycles. The van der Waals surface area contributed by atoms with E-state index in [1.807, 2.05) is 0 Å². The lowest BCUT2D eigenvalue weighted by Crippen LogP contribution is -2.24. The zero-order chi connectivity index (χ0) is 9.84. The van der Waals surface area contributed by atoms with Gasteiger partial charge in [0.05, 0.1) is 18.1 Å². The molecule has 1 atom stereocenters. The topological polar surface area (TPSA) is 62.2 Å². The van der Waals surface area contributed by atoms with E-state index in [4.69, 9.17) is 5.11 Å². The Balaban J connectivity index is 2.69. The fourth-order valence-corrected chi connectivity index (χ4v) is 0.727. The normalized spacial score (nSPS) is 12.2. The second-order valence-corrected chi connectivity index (χ2v) is 2.56. The van der Waals surface area contributed by atoms with Crippen LogP contribution >= 0.6 is 0 Å². The van der Waals surface area contributed by atoms with E-state index in [9.17, 15) is 9.18 Å². The van der Waals surface area contributed by atoms with Gasteiger partial charge in [-0.2, -0.15) is 0 Å². The largest absolute Gasteiger partial charge is 0.384 e. The Hall–Kier alpha value is -1.49. The first-order valence-electron chi connectivity index (χ1n) is 3.69. The monoisotopic (exact) mass is 184 g/mol. The molecule has 1 heterocycles. The lowest BCUT2D eigenvalue weighted by molar-refractivity contribution is -0.123. The Labute approximate surface area is 74.4 Å². The number of halogens is 1. The minimum Gasteiger partial charge on any atom is -0.384 e. The molecule has 0 spiro atoms. The van der Waals surface area contributed by atoms with Gasteiger partial charge in [-0.1, -0.05) is 0 Å². The summed E-state index contributed by atoms with van der Waals surface area (Å²) < 4.78 is 12.5. The van der Waals surface area contributed by atoms with E-state index >= 15 is 0 Å². The summed E-state index contributed by atoms with van der Waals surface area (Å²) in [5, 5.41) is 11.1. The van der Waals surface area contributed by atoms with E-state index in [0.29, 0.717) is 0 Å². The summed E-state index contributed by atoms with van der Waals surface area (Å²) in [5.41, 5.74) is 0.228. The Morgan fingerprint density at radius 1 is 1.69 bits per heavy atom. The molecule has 5 heteroatoms. The van der Waals surface area contributed by atoms with Gasteiger partial charge in [-0.05, 0) is 6.92 Å². The molecule has 2 N–H and O–H groups in total. The molecule has 0 bridgehead atoms. The van der Waals surface area contributed by atoms with Crippen LogP contribution in [0.5, 0.6) is 0 Å². The van der Waals surface area contributed by atoms with Crippen molar-refractivity contribution >= 4 is 11.6 Å². The molecule has 1 amide bonds. The van der Waals surface area contributed by atoms with Crippen LogP contribution in [0.3, 0.4) is 0 Å². The smallest absolute Gasteiger partial charge is 0.252 e. The van der Waals surface area contributed by atoms with E-state index in [-0.39, 0.29) is 5.69 Å². The molecule has 0 aliphatic rings. The number of amides is 1. The maximum absolute atomic E-state index is 12.5. The molecule has 0 aromatic carbocycles. The van der Waals surface area contributed by atoms with Crippen LogP contribution in [0.2, 0.25) is 0 Å². The number of aliphatic hydroxyl groups excluding tert-OH is 1. The van der Waals surface area contributed by atoms with Crippen molar-refractivity contribution in [3.8, 4) is 0 Å². The molecule has 0 saturated carbocycles. The highest BCUT2D eigenvalue weighted by atomic mass is 19.1. The molecule has 0 saturated heterocycles. The molecule has 13 heavy (non-hydrogen) atoms. The molecule has 0 aliphatic heterocycles. The Morgan fingerprint density at radius 3 is 2.92 bits per heavy atom. The lowest BCUT2D eigenvalue weighted by Gasteiger charge is -2.05. The second-order valence-electron chi connectivity index (χ2n) is 2.56. The molecule has 70 valence electrons. The molecule has 4 nitrogen and oxygen atoms in total. The van der Waals surface area contributed by atoms with Gasteiger partial charge >= 0.3 is 0 Å². The Bertz CT molecular complexity index is 315. The number of pyridine rings is 1. The SMILES string of the molecule is C[C@H](O)C(=O)Nc1cncc(F)c1. The van der Waals surface area contributed by atoms with Crippen LogP contribution in [0.15, 0.2) is 18.5 Å². The number of hydrogen-bond acceptors (Lipinski definition) is 3. The van der Waals surface area contributed by atoms with Crippen molar-refractivity contribution in [2.24, 2.45) is 0 Å². The van der Waals surface area contributed by atoms with Crippen molar-refractivity contribution in [1.29, 1.82) is 0 Å². The molecule has 0 radical (unpaired) electrons. The van der Waals surface area contributed by atoms with Crippen molar-refractivity contribution in [3.05, 3.63) is 24.3 Å². The number of carbonyl (C=O) groups is 1. The molecular weight excluding hydrogens is 175 g/mol. The van der Waals surface area contributed by atoms with Crippen LogP contribution in [0.4, 0.5) is 10.1 Å². The van der Waals surface area contributed by atoms with Crippen LogP contribution in [-0.2, 0) is 4.79 Å². The van der Waals surface area contributed by atoms with Crippen LogP contribution in [-0.4, -0.2) is 22.1 Å². The van der Waals surface area contributed by atoms with Crippen LogP contribution in [0.1, 0.15) is 6.92 Å². The molecule has 0 fully saturated rings. The highest BCUT2D eigenvalue weighted by Gasteiger charge is 2.08. The van der Waals surface area contributed by atoms with Crippen LogP contribution < -0.4 is 5.32 Å². The van der Waals surface area contributed by atoms with Gasteiger partial charge in [0.25, 0.3) is 5.91 Å². The zero-order valence-corrected chi connectivity index (χ0v) is 6.99. The number of rotatable bonds is 2. The maximum Gasteiger partial charge on any atom is 0.252 e. The summed E-state index contributed by atoms with van der Waals surface area (Å²) in [6, 6.07) is 1.12. The number of aromatic nitrogens is 1. The number of nitrogens with zero attached hydrogens (tertiary/aromatic N) is 1. The Morgan fingerprint density at radius 2 is 2.38 bits per heavy atom. The van der Waals surface area contributed by atoms with Crippen molar-refractivity contribution in [1.82, 2.24) is 4.98 Å². The third-order valence-corrected chi connectivity index (χ3v) is 1.35. The first-order valence-corrected chi connectivity index (χ1v) is 3.69. The lowest BCUT2D eigenvalue weighted by atomic mass is 10.3. The summed E-state index contributed by atoms with van der Waals surface area (Å²) in [5.74, 6) is -1.13. The van der Waals surface area contributed by atoms with Gasteiger partial charge in [0.2, 0.25) is 0 Å². The van der Waals surface area contributed by atoms with Gasteiger partial charge in [-0.3, -0.25) is 9.78 Å². The molecule has 1 rings (SSSR count). The minimum atomic E-state index is -1.12. The molecule has 1 aromatic rings. The number of carbonyl (C=O) groups excluding carboxylic acids is 1. The number of hydrogen-bond donors (Lipinski definition) is 2. The number of aliphatic hydroxyl groups is 1. The van der Waals surface area contributed by atoms with Gasteiger partial charge in [0.15, 0.2) is 0 Å². The quantitative estimate of drug-likeness (QED) is 0.705. The van der Waals surface area contributed by atoms with E-state index in [1.165, 1.54) is 13.1 Å². The standard InChI is InChI=1S/C8H9FN2O2/c1-5(12)8(13)11-7-2-6(9)3-10-4-7/h2-5,12H,1H3,(H,11,13)/t5-/m0/s1. The summed E-state index contributed by atoms with van der Waals surface area (Å²) in [4.78, 5) is 14.4.